The molecule has 1 saturated carbocycles. The van der Waals surface area contributed by atoms with Crippen LogP contribution in [0.5, 0.6) is 0 Å². The predicted octanol–water partition coefficient (Wildman–Crippen LogP) is 4.09. The van der Waals surface area contributed by atoms with Crippen LogP contribution in [0.1, 0.15) is 81.8 Å². The number of carbonyl (C=O) groups excluding carboxylic acids is 2. The lowest BCUT2D eigenvalue weighted by molar-refractivity contribution is -0.121. The van der Waals surface area contributed by atoms with Crippen LogP contribution in [0.15, 0.2) is 24.3 Å². The molecule has 0 atom stereocenters. The first-order chi connectivity index (χ1) is 15.2. The van der Waals surface area contributed by atoms with Gasteiger partial charge in [0.05, 0.1) is 0 Å². The van der Waals surface area contributed by atoms with E-state index in [9.17, 15) is 9.59 Å². The van der Waals surface area contributed by atoms with Gasteiger partial charge >= 0.3 is 6.03 Å². The Labute approximate surface area is 187 Å². The SMILES string of the molecule is O=C(CCCNC(=O)NC1CCCCC1)NCc1ccc(CN2CCCCCC2)cc1. The molecule has 0 aromatic heterocycles. The maximum absolute atomic E-state index is 12.1. The van der Waals surface area contributed by atoms with Gasteiger partial charge in [0.1, 0.15) is 0 Å². The summed E-state index contributed by atoms with van der Waals surface area (Å²) in [6, 6.07) is 8.80. The summed E-state index contributed by atoms with van der Waals surface area (Å²) in [6.07, 6.45) is 12.3. The van der Waals surface area contributed by atoms with Crippen LogP contribution in [0.4, 0.5) is 4.79 Å². The van der Waals surface area contributed by atoms with E-state index in [-0.39, 0.29) is 11.9 Å². The molecule has 172 valence electrons. The van der Waals surface area contributed by atoms with Crippen molar-refractivity contribution in [3.8, 4) is 0 Å². The highest BCUT2D eigenvalue weighted by molar-refractivity contribution is 5.76. The Morgan fingerprint density at radius 2 is 1.48 bits per heavy atom. The Hall–Kier alpha value is -2.08. The maximum Gasteiger partial charge on any atom is 0.315 e. The van der Waals surface area contributed by atoms with Crippen molar-refractivity contribution in [3.05, 3.63) is 35.4 Å². The second-order valence-electron chi connectivity index (χ2n) is 9.12. The Balaban J connectivity index is 1.25. The van der Waals surface area contributed by atoms with Gasteiger partial charge in [-0.25, -0.2) is 4.79 Å². The molecule has 6 heteroatoms. The molecule has 1 heterocycles. The first-order valence-corrected chi connectivity index (χ1v) is 12.3. The molecule has 31 heavy (non-hydrogen) atoms. The molecule has 3 N–H and O–H groups in total. The van der Waals surface area contributed by atoms with E-state index >= 15 is 0 Å². The van der Waals surface area contributed by atoms with Crippen molar-refractivity contribution in [2.45, 2.75) is 89.8 Å². The van der Waals surface area contributed by atoms with Crippen molar-refractivity contribution in [1.29, 1.82) is 0 Å². The van der Waals surface area contributed by atoms with Crippen LogP contribution in [-0.2, 0) is 17.9 Å². The van der Waals surface area contributed by atoms with E-state index in [4.69, 9.17) is 0 Å². The van der Waals surface area contributed by atoms with Gasteiger partial charge in [0.25, 0.3) is 0 Å². The lowest BCUT2D eigenvalue weighted by Gasteiger charge is -2.22. The summed E-state index contributed by atoms with van der Waals surface area (Å²) in [5.74, 6) is 0.0307. The van der Waals surface area contributed by atoms with E-state index in [1.807, 2.05) is 0 Å². The fourth-order valence-corrected chi connectivity index (χ4v) is 4.54. The number of hydrogen-bond donors (Lipinski definition) is 3. The average Bonchev–Trinajstić information content (AvgIpc) is 3.06. The van der Waals surface area contributed by atoms with Gasteiger partial charge in [-0.2, -0.15) is 0 Å². The highest BCUT2D eigenvalue weighted by Crippen LogP contribution is 2.17. The van der Waals surface area contributed by atoms with Crippen LogP contribution in [0.3, 0.4) is 0 Å². The quantitative estimate of drug-likeness (QED) is 0.519. The Morgan fingerprint density at radius 3 is 2.19 bits per heavy atom. The Bertz CT molecular complexity index is 663. The zero-order chi connectivity index (χ0) is 21.7. The van der Waals surface area contributed by atoms with E-state index in [2.05, 4.69) is 45.1 Å². The average molecular weight is 429 g/mol. The number of amides is 3. The van der Waals surface area contributed by atoms with Crippen LogP contribution in [0.2, 0.25) is 0 Å². The molecule has 0 radical (unpaired) electrons. The van der Waals surface area contributed by atoms with Crippen LogP contribution in [0, 0.1) is 0 Å². The minimum atomic E-state index is -0.104. The van der Waals surface area contributed by atoms with E-state index < -0.39 is 0 Å². The fraction of sp³-hybridized carbons (Fsp3) is 0.680. The molecular weight excluding hydrogens is 388 g/mol. The van der Waals surface area contributed by atoms with Gasteiger partial charge in [-0.1, -0.05) is 56.4 Å². The summed E-state index contributed by atoms with van der Waals surface area (Å²) in [5, 5.41) is 8.89. The molecule has 3 amide bonds. The maximum atomic E-state index is 12.1. The third-order valence-corrected chi connectivity index (χ3v) is 6.42. The molecule has 0 unspecified atom stereocenters. The summed E-state index contributed by atoms with van der Waals surface area (Å²) >= 11 is 0. The molecule has 1 aliphatic heterocycles. The van der Waals surface area contributed by atoms with Gasteiger partial charge in [0.15, 0.2) is 0 Å². The number of hydrogen-bond acceptors (Lipinski definition) is 3. The molecule has 2 fully saturated rings. The normalized spacial score (nSPS) is 18.2. The topological polar surface area (TPSA) is 73.5 Å². The summed E-state index contributed by atoms with van der Waals surface area (Å²) in [7, 11) is 0. The smallest absolute Gasteiger partial charge is 0.315 e. The van der Waals surface area contributed by atoms with Crippen molar-refractivity contribution < 1.29 is 9.59 Å². The molecule has 3 rings (SSSR count). The Kier molecular flexibility index (Phi) is 10.2. The molecule has 1 aromatic carbocycles. The molecular formula is C25H40N4O2. The number of benzene rings is 1. The second-order valence-corrected chi connectivity index (χ2v) is 9.12. The number of urea groups is 1. The van der Waals surface area contributed by atoms with Crippen LogP contribution in [0.25, 0.3) is 0 Å². The number of nitrogens with one attached hydrogen (secondary N) is 3. The molecule has 0 bridgehead atoms. The van der Waals surface area contributed by atoms with Gasteiger partial charge in [-0.15, -0.1) is 0 Å². The van der Waals surface area contributed by atoms with Gasteiger partial charge in [0.2, 0.25) is 5.91 Å². The van der Waals surface area contributed by atoms with Crippen molar-refractivity contribution in [2.75, 3.05) is 19.6 Å². The van der Waals surface area contributed by atoms with Gasteiger partial charge in [-0.05, 0) is 56.3 Å². The highest BCUT2D eigenvalue weighted by atomic mass is 16.2. The van der Waals surface area contributed by atoms with Crippen LogP contribution >= 0.6 is 0 Å². The number of likely N-dealkylation sites (tertiary alicyclic amines) is 1. The number of nitrogens with zero attached hydrogens (tertiary/aromatic N) is 1. The zero-order valence-corrected chi connectivity index (χ0v) is 19.0. The van der Waals surface area contributed by atoms with Crippen molar-refractivity contribution in [1.82, 2.24) is 20.9 Å². The van der Waals surface area contributed by atoms with Crippen molar-refractivity contribution >= 4 is 11.9 Å². The van der Waals surface area contributed by atoms with Crippen molar-refractivity contribution in [2.24, 2.45) is 0 Å². The first kappa shape index (κ1) is 23.6. The van der Waals surface area contributed by atoms with Gasteiger partial charge in [-0.3, -0.25) is 9.69 Å². The lowest BCUT2D eigenvalue weighted by Crippen LogP contribution is -2.43. The standard InChI is InChI=1S/C25H40N4O2/c30-24(11-8-16-26-25(31)28-23-9-4-3-5-10-23)27-19-21-12-14-22(15-13-21)20-29-17-6-1-2-7-18-29/h12-15,23H,1-11,16-20H2,(H,27,30)(H2,26,28,31). The van der Waals surface area contributed by atoms with E-state index in [1.165, 1.54) is 63.6 Å². The van der Waals surface area contributed by atoms with Crippen molar-refractivity contribution in [3.63, 3.8) is 0 Å². The van der Waals surface area contributed by atoms with Crippen LogP contribution in [-0.4, -0.2) is 42.5 Å². The second kappa shape index (κ2) is 13.4. The highest BCUT2D eigenvalue weighted by Gasteiger charge is 2.15. The molecule has 1 aliphatic carbocycles. The molecule has 6 nitrogen and oxygen atoms in total. The monoisotopic (exact) mass is 428 g/mol. The minimum Gasteiger partial charge on any atom is -0.352 e. The zero-order valence-electron chi connectivity index (χ0n) is 19.0. The summed E-state index contributed by atoms with van der Waals surface area (Å²) in [4.78, 5) is 26.6. The van der Waals surface area contributed by atoms with E-state index in [0.717, 1.165) is 24.9 Å². The lowest BCUT2D eigenvalue weighted by atomic mass is 9.96. The molecule has 2 aliphatic rings. The number of carbonyl (C=O) groups is 2. The molecule has 1 saturated heterocycles. The minimum absolute atomic E-state index is 0.0307. The largest absolute Gasteiger partial charge is 0.352 e. The van der Waals surface area contributed by atoms with Gasteiger partial charge < -0.3 is 16.0 Å². The predicted molar refractivity (Wildman–Crippen MR) is 125 cm³/mol. The van der Waals surface area contributed by atoms with Gasteiger partial charge in [0, 0.05) is 32.1 Å². The molecule has 0 spiro atoms. The fourth-order valence-electron chi connectivity index (χ4n) is 4.54. The third-order valence-electron chi connectivity index (χ3n) is 6.42. The van der Waals surface area contributed by atoms with E-state index in [1.54, 1.807) is 0 Å². The summed E-state index contributed by atoms with van der Waals surface area (Å²) < 4.78 is 0. The number of rotatable bonds is 9. The molecule has 1 aromatic rings. The third kappa shape index (κ3) is 9.30. The Morgan fingerprint density at radius 1 is 0.839 bits per heavy atom. The van der Waals surface area contributed by atoms with E-state index in [0.29, 0.717) is 32.0 Å². The summed E-state index contributed by atoms with van der Waals surface area (Å²) in [5.41, 5.74) is 2.47. The summed E-state index contributed by atoms with van der Waals surface area (Å²) in [6.45, 7) is 4.51. The first-order valence-electron chi connectivity index (χ1n) is 12.3. The van der Waals surface area contributed by atoms with Crippen LogP contribution < -0.4 is 16.0 Å².